The van der Waals surface area contributed by atoms with Crippen LogP contribution in [0.15, 0.2) is 24.3 Å². The largest absolute Gasteiger partial charge is 0.480 e. The third-order valence-electron chi connectivity index (χ3n) is 2.81. The van der Waals surface area contributed by atoms with E-state index in [4.69, 9.17) is 17.3 Å². The van der Waals surface area contributed by atoms with Crippen LogP contribution in [0.1, 0.15) is 32.3 Å². The van der Waals surface area contributed by atoms with Gasteiger partial charge in [0, 0.05) is 5.69 Å². The molecule has 23 heavy (non-hydrogen) atoms. The minimum atomic E-state index is -0.839. The molecular weight excluding hydrogens is 296 g/mol. The van der Waals surface area contributed by atoms with Crippen molar-refractivity contribution in [2.24, 2.45) is 5.73 Å². The molecule has 4 N–H and O–H groups in total. The maximum absolute atomic E-state index is 10.7. The Balaban J connectivity index is 0.000000515. The molecule has 0 aliphatic heterocycles. The molecule has 0 amide bonds. The van der Waals surface area contributed by atoms with Gasteiger partial charge in [-0.2, -0.15) is 0 Å². The third-order valence-corrected chi connectivity index (χ3v) is 2.81. The number of benzene rings is 1. The van der Waals surface area contributed by atoms with Gasteiger partial charge in [0.05, 0.1) is 6.54 Å². The number of nitrogens with two attached hydrogens (primary N) is 1. The monoisotopic (exact) mass is 320 g/mol. The van der Waals surface area contributed by atoms with Crippen molar-refractivity contribution in [1.82, 2.24) is 0 Å². The van der Waals surface area contributed by atoms with E-state index in [1.54, 1.807) is 6.92 Å². The minimum absolute atomic E-state index is 0.00995. The lowest BCUT2D eigenvalue weighted by atomic mass is 10.0. The van der Waals surface area contributed by atoms with Crippen molar-refractivity contribution >= 4 is 17.6 Å². The van der Waals surface area contributed by atoms with E-state index in [0.717, 1.165) is 11.3 Å². The molecule has 0 spiro atoms. The van der Waals surface area contributed by atoms with Crippen molar-refractivity contribution in [2.75, 3.05) is 18.5 Å². The fraction of sp³-hybridized carbons (Fsp3) is 0.412. The van der Waals surface area contributed by atoms with Crippen molar-refractivity contribution in [3.8, 4) is 12.3 Å². The molecule has 1 aromatic carbocycles. The molecule has 0 radical (unpaired) electrons. The first-order chi connectivity index (χ1) is 10.8. The summed E-state index contributed by atoms with van der Waals surface area (Å²) in [6, 6.07) is 7.23. The van der Waals surface area contributed by atoms with Gasteiger partial charge < -0.3 is 20.9 Å². The summed E-state index contributed by atoms with van der Waals surface area (Å²) in [7, 11) is 0. The van der Waals surface area contributed by atoms with Crippen molar-refractivity contribution in [3.63, 3.8) is 0 Å². The van der Waals surface area contributed by atoms with Gasteiger partial charge >= 0.3 is 11.9 Å². The highest BCUT2D eigenvalue weighted by Crippen LogP contribution is 2.24. The lowest BCUT2D eigenvalue weighted by Gasteiger charge is -2.16. The molecule has 6 heteroatoms. The smallest absolute Gasteiger partial charge is 0.325 e. The molecule has 0 unspecified atom stereocenters. The fourth-order valence-corrected chi connectivity index (χ4v) is 1.61. The molecule has 0 heterocycles. The molecule has 0 aliphatic rings. The normalized spacial score (nSPS) is 10.8. The molecular formula is C17H24N2O4. The zero-order chi connectivity index (χ0) is 17.8. The number of carbonyl (C=O) groups is 2. The van der Waals surface area contributed by atoms with Crippen LogP contribution in [0, 0.1) is 12.3 Å². The Morgan fingerprint density at radius 3 is 2.43 bits per heavy atom. The van der Waals surface area contributed by atoms with Gasteiger partial charge in [-0.15, -0.1) is 6.42 Å². The zero-order valence-electron chi connectivity index (χ0n) is 13.7. The number of aliphatic carboxylic acids is 1. The number of para-hydroxylation sites is 1. The van der Waals surface area contributed by atoms with E-state index in [-0.39, 0.29) is 13.2 Å². The van der Waals surface area contributed by atoms with E-state index in [0.29, 0.717) is 5.92 Å². The number of rotatable bonds is 6. The van der Waals surface area contributed by atoms with Gasteiger partial charge in [0.25, 0.3) is 0 Å². The van der Waals surface area contributed by atoms with Crippen LogP contribution in [0.5, 0.6) is 0 Å². The predicted molar refractivity (Wildman–Crippen MR) is 90.1 cm³/mol. The molecule has 6 nitrogen and oxygen atoms in total. The van der Waals surface area contributed by atoms with Crippen LogP contribution in [0.25, 0.3) is 0 Å². The van der Waals surface area contributed by atoms with Crippen LogP contribution in [0.2, 0.25) is 0 Å². The van der Waals surface area contributed by atoms with Crippen LogP contribution in [0.3, 0.4) is 0 Å². The SMILES string of the molecule is C#CCOC(=O)CN.CC(C)c1ccccc1N[C@@H](C)C(=O)O. The Labute approximate surface area is 137 Å². The number of nitrogens with one attached hydrogen (secondary N) is 1. The highest BCUT2D eigenvalue weighted by Gasteiger charge is 2.13. The van der Waals surface area contributed by atoms with E-state index in [1.165, 1.54) is 0 Å². The first-order valence-corrected chi connectivity index (χ1v) is 7.20. The Kier molecular flexibility index (Phi) is 9.88. The average Bonchev–Trinajstić information content (AvgIpc) is 2.53. The highest BCUT2D eigenvalue weighted by atomic mass is 16.5. The number of esters is 1. The number of carboxylic acids is 1. The molecule has 0 fully saturated rings. The van der Waals surface area contributed by atoms with Crippen LogP contribution in [0.4, 0.5) is 5.69 Å². The van der Waals surface area contributed by atoms with Crippen molar-refractivity contribution in [2.45, 2.75) is 32.7 Å². The molecule has 1 atom stereocenters. The van der Waals surface area contributed by atoms with Gasteiger partial charge in [0.15, 0.2) is 6.61 Å². The number of terminal acetylenes is 1. The summed E-state index contributed by atoms with van der Waals surface area (Å²) in [5.74, 6) is 1.21. The number of hydrogen-bond donors (Lipinski definition) is 3. The summed E-state index contributed by atoms with van der Waals surface area (Å²) in [5, 5.41) is 11.8. The minimum Gasteiger partial charge on any atom is -0.480 e. The predicted octanol–water partition coefficient (Wildman–Crippen LogP) is 1.82. The fourth-order valence-electron chi connectivity index (χ4n) is 1.61. The molecule has 0 aliphatic carbocycles. The van der Waals surface area contributed by atoms with Crippen molar-refractivity contribution < 1.29 is 19.4 Å². The van der Waals surface area contributed by atoms with Gasteiger partial charge in [-0.3, -0.25) is 9.59 Å². The Hall–Kier alpha value is -2.52. The summed E-state index contributed by atoms with van der Waals surface area (Å²) < 4.78 is 4.34. The number of anilines is 1. The molecule has 0 aromatic heterocycles. The Morgan fingerprint density at radius 2 is 1.96 bits per heavy atom. The second-order valence-corrected chi connectivity index (χ2v) is 5.02. The molecule has 0 saturated carbocycles. The van der Waals surface area contributed by atoms with E-state index >= 15 is 0 Å². The maximum atomic E-state index is 10.7. The lowest BCUT2D eigenvalue weighted by Crippen LogP contribution is -2.26. The Morgan fingerprint density at radius 1 is 1.35 bits per heavy atom. The Bertz CT molecular complexity index is 550. The molecule has 126 valence electrons. The lowest BCUT2D eigenvalue weighted by molar-refractivity contribution is -0.140. The van der Waals surface area contributed by atoms with E-state index in [2.05, 4.69) is 29.8 Å². The third kappa shape index (κ3) is 8.49. The standard InChI is InChI=1S/C12H17NO2.C5H7NO2/c1-8(2)10-6-4-5-7-11(10)13-9(3)12(14)15;1-2-3-8-5(7)4-6/h4-9,13H,1-3H3,(H,14,15);1H,3-4,6H2/t9-;/m0./s1. The highest BCUT2D eigenvalue weighted by molar-refractivity contribution is 5.77. The van der Waals surface area contributed by atoms with Gasteiger partial charge in [0.2, 0.25) is 0 Å². The van der Waals surface area contributed by atoms with Gasteiger partial charge in [0.1, 0.15) is 6.04 Å². The van der Waals surface area contributed by atoms with Crippen molar-refractivity contribution in [3.05, 3.63) is 29.8 Å². The van der Waals surface area contributed by atoms with Gasteiger partial charge in [-0.25, -0.2) is 0 Å². The van der Waals surface area contributed by atoms with Crippen LogP contribution in [-0.4, -0.2) is 36.2 Å². The summed E-state index contributed by atoms with van der Waals surface area (Å²) in [4.78, 5) is 20.9. The topological polar surface area (TPSA) is 102 Å². The second-order valence-electron chi connectivity index (χ2n) is 5.02. The summed E-state index contributed by atoms with van der Waals surface area (Å²) >= 11 is 0. The molecule has 0 bridgehead atoms. The molecule has 1 rings (SSSR count). The quantitative estimate of drug-likeness (QED) is 0.546. The van der Waals surface area contributed by atoms with E-state index < -0.39 is 18.0 Å². The van der Waals surface area contributed by atoms with Crippen molar-refractivity contribution in [1.29, 1.82) is 0 Å². The number of carbonyl (C=O) groups excluding carboxylic acids is 1. The summed E-state index contributed by atoms with van der Waals surface area (Å²) in [6.45, 7) is 5.72. The van der Waals surface area contributed by atoms with Gasteiger partial charge in [-0.05, 0) is 24.5 Å². The van der Waals surface area contributed by atoms with Crippen LogP contribution in [-0.2, 0) is 14.3 Å². The first-order valence-electron chi connectivity index (χ1n) is 7.20. The van der Waals surface area contributed by atoms with E-state index in [9.17, 15) is 9.59 Å². The molecule has 1 aromatic rings. The van der Waals surface area contributed by atoms with Crippen LogP contribution >= 0.6 is 0 Å². The zero-order valence-corrected chi connectivity index (χ0v) is 13.7. The summed E-state index contributed by atoms with van der Waals surface area (Å²) in [6.07, 6.45) is 4.76. The first kappa shape index (κ1) is 20.5. The van der Waals surface area contributed by atoms with Crippen LogP contribution < -0.4 is 11.1 Å². The average molecular weight is 320 g/mol. The number of ether oxygens (including phenoxy) is 1. The maximum Gasteiger partial charge on any atom is 0.325 e. The van der Waals surface area contributed by atoms with Gasteiger partial charge in [-0.1, -0.05) is 38.0 Å². The number of carboxylic acid groups (broad SMARTS) is 1. The number of hydrogen-bond acceptors (Lipinski definition) is 5. The summed E-state index contributed by atoms with van der Waals surface area (Å²) in [5.41, 5.74) is 6.92. The second kappa shape index (κ2) is 11.1. The molecule has 0 saturated heterocycles. The van der Waals surface area contributed by atoms with E-state index in [1.807, 2.05) is 24.3 Å².